The Kier molecular flexibility index (Phi) is 6.09. The number of nitrogens with one attached hydrogen (secondary N) is 1. The Labute approximate surface area is 139 Å². The Hall–Kier alpha value is -1.77. The minimum Gasteiger partial charge on any atom is -0.493 e. The van der Waals surface area contributed by atoms with Crippen LogP contribution < -0.4 is 14.8 Å². The normalized spacial score (nSPS) is 17.4. The van der Waals surface area contributed by atoms with Crippen LogP contribution in [-0.2, 0) is 4.79 Å². The molecule has 0 aliphatic carbocycles. The molecule has 0 saturated carbocycles. The molecule has 1 fully saturated rings. The van der Waals surface area contributed by atoms with E-state index in [0.717, 1.165) is 0 Å². The van der Waals surface area contributed by atoms with Crippen LogP contribution in [0.25, 0.3) is 0 Å². The van der Waals surface area contributed by atoms with Crippen LogP contribution in [0.4, 0.5) is 8.78 Å². The largest absolute Gasteiger partial charge is 0.493 e. The number of aliphatic hydroxyl groups is 1. The second-order valence-corrected chi connectivity index (χ2v) is 5.61. The van der Waals surface area contributed by atoms with Gasteiger partial charge in [-0.1, -0.05) is 6.07 Å². The van der Waals surface area contributed by atoms with Crippen LogP contribution in [0, 0.1) is 0 Å². The smallest absolute Gasteiger partial charge is 0.308 e. The zero-order valence-corrected chi connectivity index (χ0v) is 13.7. The molecule has 0 spiro atoms. The maximum Gasteiger partial charge on any atom is 0.308 e. The van der Waals surface area contributed by atoms with Gasteiger partial charge in [-0.2, -0.15) is 0 Å². The molecule has 6 nitrogen and oxygen atoms in total. The molecule has 2 N–H and O–H groups in total. The number of methoxy groups -OCH3 is 1. The number of ether oxygens (including phenoxy) is 2. The fourth-order valence-corrected chi connectivity index (χ4v) is 2.84. The highest BCUT2D eigenvalue weighted by Crippen LogP contribution is 2.40. The number of nitrogens with zero attached hydrogens (tertiary/aromatic N) is 1. The van der Waals surface area contributed by atoms with Gasteiger partial charge >= 0.3 is 5.97 Å². The lowest BCUT2D eigenvalue weighted by Gasteiger charge is -2.38. The summed E-state index contributed by atoms with van der Waals surface area (Å²) in [7, 11) is 1.37. The number of carbonyl (C=O) groups excluding carboxylic acids is 1. The Morgan fingerprint density at radius 1 is 1.38 bits per heavy atom. The predicted octanol–water partition coefficient (Wildman–Crippen LogP) is 1.19. The average molecular weight is 344 g/mol. The predicted molar refractivity (Wildman–Crippen MR) is 83.5 cm³/mol. The van der Waals surface area contributed by atoms with Crippen LogP contribution >= 0.6 is 0 Å². The van der Waals surface area contributed by atoms with Gasteiger partial charge in [0.1, 0.15) is 12.6 Å². The van der Waals surface area contributed by atoms with Gasteiger partial charge in [0.2, 0.25) is 0 Å². The number of hydrogen-bond acceptors (Lipinski definition) is 6. The lowest BCUT2D eigenvalue weighted by molar-refractivity contribution is -0.132. The number of alkyl halides is 2. The Bertz CT molecular complexity index is 577. The van der Waals surface area contributed by atoms with E-state index < -0.39 is 24.5 Å². The Morgan fingerprint density at radius 2 is 2.04 bits per heavy atom. The maximum absolute atomic E-state index is 14.4. The second-order valence-electron chi connectivity index (χ2n) is 5.61. The molecule has 0 radical (unpaired) electrons. The zero-order chi connectivity index (χ0) is 17.7. The topological polar surface area (TPSA) is 71.0 Å². The van der Waals surface area contributed by atoms with Crippen molar-refractivity contribution in [3.05, 3.63) is 23.8 Å². The van der Waals surface area contributed by atoms with Crippen molar-refractivity contribution >= 4 is 5.97 Å². The summed E-state index contributed by atoms with van der Waals surface area (Å²) in [5, 5.41) is 12.3. The first kappa shape index (κ1) is 18.6. The summed E-state index contributed by atoms with van der Waals surface area (Å²) >= 11 is 0. The van der Waals surface area contributed by atoms with E-state index in [2.05, 4.69) is 5.32 Å². The first-order valence-electron chi connectivity index (χ1n) is 7.69. The number of rotatable bonds is 6. The van der Waals surface area contributed by atoms with Crippen LogP contribution in [0.1, 0.15) is 18.5 Å². The van der Waals surface area contributed by atoms with Gasteiger partial charge in [-0.25, -0.2) is 8.78 Å². The molecule has 1 atom stereocenters. The zero-order valence-electron chi connectivity index (χ0n) is 13.7. The van der Waals surface area contributed by atoms with Gasteiger partial charge in [0.15, 0.2) is 11.5 Å². The monoisotopic (exact) mass is 344 g/mol. The van der Waals surface area contributed by atoms with E-state index >= 15 is 0 Å². The fourth-order valence-electron chi connectivity index (χ4n) is 2.84. The summed E-state index contributed by atoms with van der Waals surface area (Å²) in [4.78, 5) is 12.7. The molecular weight excluding hydrogens is 322 g/mol. The van der Waals surface area contributed by atoms with Crippen molar-refractivity contribution in [3.63, 3.8) is 0 Å². The molecule has 134 valence electrons. The third-order valence-corrected chi connectivity index (χ3v) is 3.88. The van der Waals surface area contributed by atoms with E-state index in [-0.39, 0.29) is 11.5 Å². The molecule has 1 aromatic carbocycles. The highest BCUT2D eigenvalue weighted by Gasteiger charge is 2.44. The molecule has 0 unspecified atom stereocenters. The van der Waals surface area contributed by atoms with Crippen molar-refractivity contribution in [1.82, 2.24) is 10.2 Å². The molecule has 0 amide bonds. The second kappa shape index (κ2) is 7.87. The van der Waals surface area contributed by atoms with E-state index in [1.54, 1.807) is 4.90 Å². The molecule has 1 aliphatic heterocycles. The molecule has 1 aliphatic rings. The standard InChI is InChI=1S/C16H22F2N2O4/c1-11(22)24-13-4-3-12(9-14(13)23-2)15(16(17,18)10-21)20-7-5-19-6-8-20/h3-4,9,15,19,21H,5-8,10H2,1-2H3/t15-/m1/s1. The summed E-state index contributed by atoms with van der Waals surface area (Å²) in [5.74, 6) is -3.48. The number of hydrogen-bond donors (Lipinski definition) is 2. The van der Waals surface area contributed by atoms with E-state index in [0.29, 0.717) is 31.7 Å². The van der Waals surface area contributed by atoms with Crippen LogP contribution in [0.2, 0.25) is 0 Å². The highest BCUT2D eigenvalue weighted by molar-refractivity contribution is 5.70. The van der Waals surface area contributed by atoms with Gasteiger partial charge < -0.3 is 19.9 Å². The van der Waals surface area contributed by atoms with E-state index in [4.69, 9.17) is 14.6 Å². The van der Waals surface area contributed by atoms with Gasteiger partial charge in [-0.15, -0.1) is 0 Å². The summed E-state index contributed by atoms with van der Waals surface area (Å²) in [5.41, 5.74) is 0.295. The lowest BCUT2D eigenvalue weighted by atomic mass is 9.97. The Morgan fingerprint density at radius 3 is 2.58 bits per heavy atom. The van der Waals surface area contributed by atoms with Gasteiger partial charge in [0, 0.05) is 33.1 Å². The molecule has 0 bridgehead atoms. The summed E-state index contributed by atoms with van der Waals surface area (Å²) < 4.78 is 39.0. The molecular formula is C16H22F2N2O4. The number of halogens is 2. The van der Waals surface area contributed by atoms with Crippen LogP contribution in [0.5, 0.6) is 11.5 Å². The first-order chi connectivity index (χ1) is 11.4. The van der Waals surface area contributed by atoms with Crippen LogP contribution in [0.3, 0.4) is 0 Å². The van der Waals surface area contributed by atoms with Crippen molar-refractivity contribution in [2.45, 2.75) is 18.9 Å². The quantitative estimate of drug-likeness (QED) is 0.597. The molecule has 1 heterocycles. The van der Waals surface area contributed by atoms with Gasteiger partial charge in [0.25, 0.3) is 5.92 Å². The molecule has 8 heteroatoms. The maximum atomic E-state index is 14.4. The van der Waals surface area contributed by atoms with E-state index in [1.807, 2.05) is 0 Å². The molecule has 1 aromatic rings. The van der Waals surface area contributed by atoms with Crippen molar-refractivity contribution in [3.8, 4) is 11.5 Å². The van der Waals surface area contributed by atoms with Crippen molar-refractivity contribution in [1.29, 1.82) is 0 Å². The van der Waals surface area contributed by atoms with Crippen LogP contribution in [-0.4, -0.2) is 61.8 Å². The number of benzene rings is 1. The van der Waals surface area contributed by atoms with Gasteiger partial charge in [0.05, 0.1) is 7.11 Å². The number of esters is 1. The molecule has 24 heavy (non-hydrogen) atoms. The number of piperazine rings is 1. The molecule has 2 rings (SSSR count). The SMILES string of the molecule is COc1cc([C@@H](N2CCNCC2)C(F)(F)CO)ccc1OC(C)=O. The van der Waals surface area contributed by atoms with Gasteiger partial charge in [-0.3, -0.25) is 9.69 Å². The van der Waals surface area contributed by atoms with Crippen molar-refractivity contribution in [2.24, 2.45) is 0 Å². The summed E-state index contributed by atoms with van der Waals surface area (Å²) in [6, 6.07) is 3.04. The first-order valence-corrected chi connectivity index (χ1v) is 7.69. The lowest BCUT2D eigenvalue weighted by Crippen LogP contribution is -2.51. The third kappa shape index (κ3) is 4.19. The van der Waals surface area contributed by atoms with Crippen LogP contribution in [0.15, 0.2) is 18.2 Å². The minimum atomic E-state index is -3.31. The van der Waals surface area contributed by atoms with E-state index in [1.165, 1.54) is 32.2 Å². The fraction of sp³-hybridized carbons (Fsp3) is 0.562. The van der Waals surface area contributed by atoms with Crippen molar-refractivity contribution < 1.29 is 28.2 Å². The Balaban J connectivity index is 2.40. The highest BCUT2D eigenvalue weighted by atomic mass is 19.3. The third-order valence-electron chi connectivity index (χ3n) is 3.88. The summed E-state index contributed by atoms with van der Waals surface area (Å²) in [6.07, 6.45) is 0. The summed E-state index contributed by atoms with van der Waals surface area (Å²) in [6.45, 7) is 2.07. The van der Waals surface area contributed by atoms with Crippen molar-refractivity contribution in [2.75, 3.05) is 39.9 Å². The number of carbonyl (C=O) groups is 1. The van der Waals surface area contributed by atoms with Gasteiger partial charge in [-0.05, 0) is 17.7 Å². The average Bonchev–Trinajstić information content (AvgIpc) is 2.56. The number of aliphatic hydroxyl groups excluding tert-OH is 1. The molecule has 0 aromatic heterocycles. The molecule has 1 saturated heterocycles. The van der Waals surface area contributed by atoms with E-state index in [9.17, 15) is 13.6 Å². The minimum absolute atomic E-state index is 0.167.